The molecule has 2 heterocycles. The first-order chi connectivity index (χ1) is 8.77. The van der Waals surface area contributed by atoms with Gasteiger partial charge in [-0.3, -0.25) is 4.79 Å². The number of thiazole rings is 1. The van der Waals surface area contributed by atoms with Crippen molar-refractivity contribution in [1.29, 1.82) is 0 Å². The fourth-order valence-corrected chi connectivity index (χ4v) is 3.30. The van der Waals surface area contributed by atoms with Crippen LogP contribution in [0.3, 0.4) is 0 Å². The molecule has 0 atom stereocenters. The molecule has 102 valence electrons. The maximum absolute atomic E-state index is 11.8. The van der Waals surface area contributed by atoms with E-state index in [2.05, 4.69) is 29.4 Å². The number of nitrogens with two attached hydrogens (primary N) is 1. The van der Waals surface area contributed by atoms with E-state index in [1.807, 2.05) is 6.92 Å². The van der Waals surface area contributed by atoms with E-state index < -0.39 is 5.54 Å². The van der Waals surface area contributed by atoms with Crippen LogP contribution in [0.2, 0.25) is 0 Å². The third-order valence-corrected chi connectivity index (χ3v) is 4.47. The number of rotatable bonds is 3. The molecule has 4 nitrogen and oxygen atoms in total. The number of aryl methyl sites for hydroxylation is 2. The monoisotopic (exact) mass is 295 g/mol. The standard InChI is InChI=1S/C13H17N3OS2/c1-7-5-6-9(18-7)10-8(2)19-12(15-10)16-11(17)13(3,4)14/h5-6H,14H2,1-4H3,(H,15,16,17). The highest BCUT2D eigenvalue weighted by Crippen LogP contribution is 2.34. The Morgan fingerprint density at radius 1 is 1.32 bits per heavy atom. The predicted octanol–water partition coefficient (Wildman–Crippen LogP) is 3.16. The number of hydrogen-bond donors (Lipinski definition) is 2. The summed E-state index contributed by atoms with van der Waals surface area (Å²) < 4.78 is 0. The van der Waals surface area contributed by atoms with Crippen molar-refractivity contribution in [1.82, 2.24) is 4.98 Å². The summed E-state index contributed by atoms with van der Waals surface area (Å²) in [5.74, 6) is -0.227. The number of anilines is 1. The summed E-state index contributed by atoms with van der Waals surface area (Å²) in [6.07, 6.45) is 0. The molecule has 0 aromatic carbocycles. The smallest absolute Gasteiger partial charge is 0.245 e. The zero-order valence-corrected chi connectivity index (χ0v) is 13.0. The first-order valence-electron chi connectivity index (χ1n) is 5.92. The number of hydrogen-bond acceptors (Lipinski definition) is 5. The molecule has 1 amide bonds. The van der Waals surface area contributed by atoms with Crippen LogP contribution in [0.5, 0.6) is 0 Å². The van der Waals surface area contributed by atoms with E-state index in [1.54, 1.807) is 25.2 Å². The lowest BCUT2D eigenvalue weighted by Gasteiger charge is -2.16. The van der Waals surface area contributed by atoms with Gasteiger partial charge in [-0.05, 0) is 39.8 Å². The lowest BCUT2D eigenvalue weighted by atomic mass is 10.1. The first-order valence-corrected chi connectivity index (χ1v) is 7.55. The van der Waals surface area contributed by atoms with Crippen LogP contribution in [-0.4, -0.2) is 16.4 Å². The Bertz CT molecular complexity index is 608. The van der Waals surface area contributed by atoms with Gasteiger partial charge in [0.15, 0.2) is 5.13 Å². The molecule has 2 aromatic heterocycles. The molecule has 2 aromatic rings. The molecule has 0 aliphatic heterocycles. The molecule has 0 fully saturated rings. The van der Waals surface area contributed by atoms with Crippen LogP contribution < -0.4 is 11.1 Å². The average molecular weight is 295 g/mol. The fourth-order valence-electron chi connectivity index (χ4n) is 1.50. The molecule has 0 aliphatic carbocycles. The van der Waals surface area contributed by atoms with E-state index in [1.165, 1.54) is 16.2 Å². The number of thiophene rings is 1. The number of aromatic nitrogens is 1. The Kier molecular flexibility index (Phi) is 3.75. The second-order valence-electron chi connectivity index (χ2n) is 5.01. The summed E-state index contributed by atoms with van der Waals surface area (Å²) in [6, 6.07) is 4.13. The van der Waals surface area contributed by atoms with Crippen LogP contribution in [0.1, 0.15) is 23.6 Å². The predicted molar refractivity (Wildman–Crippen MR) is 81.8 cm³/mol. The quantitative estimate of drug-likeness (QED) is 0.914. The Balaban J connectivity index is 2.25. The summed E-state index contributed by atoms with van der Waals surface area (Å²) in [5.41, 5.74) is 5.79. The minimum absolute atomic E-state index is 0.227. The van der Waals surface area contributed by atoms with Crippen molar-refractivity contribution in [2.45, 2.75) is 33.2 Å². The van der Waals surface area contributed by atoms with Gasteiger partial charge in [0.05, 0.1) is 16.1 Å². The van der Waals surface area contributed by atoms with Gasteiger partial charge < -0.3 is 11.1 Å². The lowest BCUT2D eigenvalue weighted by molar-refractivity contribution is -0.120. The van der Waals surface area contributed by atoms with E-state index in [0.29, 0.717) is 5.13 Å². The minimum atomic E-state index is -0.904. The Morgan fingerprint density at radius 2 is 2.00 bits per heavy atom. The Hall–Kier alpha value is -1.24. The average Bonchev–Trinajstić information content (AvgIpc) is 2.83. The Morgan fingerprint density at radius 3 is 2.53 bits per heavy atom. The number of nitrogens with zero attached hydrogens (tertiary/aromatic N) is 1. The van der Waals surface area contributed by atoms with Gasteiger partial charge in [-0.2, -0.15) is 0 Å². The maximum Gasteiger partial charge on any atom is 0.245 e. The second kappa shape index (κ2) is 5.03. The van der Waals surface area contributed by atoms with Crippen molar-refractivity contribution in [2.75, 3.05) is 5.32 Å². The zero-order chi connectivity index (χ0) is 14.2. The van der Waals surface area contributed by atoms with Crippen molar-refractivity contribution in [3.8, 4) is 10.6 Å². The van der Waals surface area contributed by atoms with Gasteiger partial charge in [0, 0.05) is 9.75 Å². The molecule has 0 unspecified atom stereocenters. The normalized spacial score (nSPS) is 11.6. The molecule has 0 saturated carbocycles. The molecule has 6 heteroatoms. The number of carbonyl (C=O) groups is 1. The van der Waals surface area contributed by atoms with Gasteiger partial charge in [-0.1, -0.05) is 0 Å². The van der Waals surface area contributed by atoms with Crippen molar-refractivity contribution >= 4 is 33.7 Å². The fraction of sp³-hybridized carbons (Fsp3) is 0.385. The highest BCUT2D eigenvalue weighted by molar-refractivity contribution is 7.18. The third kappa shape index (κ3) is 3.20. The van der Waals surface area contributed by atoms with Gasteiger partial charge in [-0.15, -0.1) is 22.7 Å². The number of carbonyl (C=O) groups excluding carboxylic acids is 1. The van der Waals surface area contributed by atoms with Crippen molar-refractivity contribution in [3.05, 3.63) is 21.9 Å². The summed E-state index contributed by atoms with van der Waals surface area (Å²) in [6.45, 7) is 7.42. The molecule has 3 N–H and O–H groups in total. The second-order valence-corrected chi connectivity index (χ2v) is 7.50. The van der Waals surface area contributed by atoms with E-state index >= 15 is 0 Å². The molecular formula is C13H17N3OS2. The topological polar surface area (TPSA) is 68.0 Å². The highest BCUT2D eigenvalue weighted by atomic mass is 32.1. The van der Waals surface area contributed by atoms with Gasteiger partial charge >= 0.3 is 0 Å². The number of nitrogens with one attached hydrogen (secondary N) is 1. The SMILES string of the molecule is Cc1ccc(-c2nc(NC(=O)C(C)(C)N)sc2C)s1. The van der Waals surface area contributed by atoms with Crippen LogP contribution >= 0.6 is 22.7 Å². The molecule has 19 heavy (non-hydrogen) atoms. The first kappa shape index (κ1) is 14.2. The van der Waals surface area contributed by atoms with Crippen LogP contribution in [0.4, 0.5) is 5.13 Å². The summed E-state index contributed by atoms with van der Waals surface area (Å²) in [4.78, 5) is 19.8. The molecule has 2 rings (SSSR count). The van der Waals surface area contributed by atoms with Crippen LogP contribution in [-0.2, 0) is 4.79 Å². The maximum atomic E-state index is 11.8. The van der Waals surface area contributed by atoms with Crippen LogP contribution in [0.25, 0.3) is 10.6 Å². The van der Waals surface area contributed by atoms with Crippen molar-refractivity contribution < 1.29 is 4.79 Å². The van der Waals surface area contributed by atoms with Crippen molar-refractivity contribution in [3.63, 3.8) is 0 Å². The molecular weight excluding hydrogens is 278 g/mol. The van der Waals surface area contributed by atoms with Gasteiger partial charge in [0.25, 0.3) is 0 Å². The lowest BCUT2D eigenvalue weighted by Crippen LogP contribution is -2.45. The number of amides is 1. The minimum Gasteiger partial charge on any atom is -0.318 e. The molecule has 0 aliphatic rings. The largest absolute Gasteiger partial charge is 0.318 e. The summed E-state index contributed by atoms with van der Waals surface area (Å²) in [5, 5.41) is 3.37. The van der Waals surface area contributed by atoms with Crippen LogP contribution in [0, 0.1) is 13.8 Å². The molecule has 0 radical (unpaired) electrons. The summed E-state index contributed by atoms with van der Waals surface area (Å²) in [7, 11) is 0. The van der Waals surface area contributed by atoms with Gasteiger partial charge in [0.2, 0.25) is 5.91 Å². The molecule has 0 bridgehead atoms. The Labute approximate surface area is 120 Å². The van der Waals surface area contributed by atoms with Gasteiger partial charge in [0.1, 0.15) is 0 Å². The van der Waals surface area contributed by atoms with E-state index in [4.69, 9.17) is 5.73 Å². The molecule has 0 saturated heterocycles. The van der Waals surface area contributed by atoms with E-state index in [-0.39, 0.29) is 5.91 Å². The van der Waals surface area contributed by atoms with Crippen LogP contribution in [0.15, 0.2) is 12.1 Å². The van der Waals surface area contributed by atoms with E-state index in [9.17, 15) is 4.79 Å². The highest BCUT2D eigenvalue weighted by Gasteiger charge is 2.23. The van der Waals surface area contributed by atoms with E-state index in [0.717, 1.165) is 15.4 Å². The summed E-state index contributed by atoms with van der Waals surface area (Å²) >= 11 is 3.17. The van der Waals surface area contributed by atoms with Crippen molar-refractivity contribution in [2.24, 2.45) is 5.73 Å². The third-order valence-electron chi connectivity index (χ3n) is 2.58. The van der Waals surface area contributed by atoms with Gasteiger partial charge in [-0.25, -0.2) is 4.98 Å². The zero-order valence-electron chi connectivity index (χ0n) is 11.4. The molecule has 0 spiro atoms.